The second-order valence-electron chi connectivity index (χ2n) is 25.2. The van der Waals surface area contributed by atoms with Crippen LogP contribution in [0.2, 0.25) is 0 Å². The number of anilines is 6. The Morgan fingerprint density at radius 1 is 0.443 bits per heavy atom. The second-order valence-corrected chi connectivity index (χ2v) is 25.2. The van der Waals surface area contributed by atoms with Crippen molar-refractivity contribution in [3.05, 3.63) is 118 Å². The fraction of sp³-hybridized carbons (Fsp3) is 0.491. The number of hydrogen-bond donors (Lipinski definition) is 0. The van der Waals surface area contributed by atoms with Gasteiger partial charge in [0.1, 0.15) is 5.82 Å². The summed E-state index contributed by atoms with van der Waals surface area (Å²) in [5.41, 5.74) is 20.2. The average Bonchev–Trinajstić information content (AvgIpc) is 3.16. The first kappa shape index (κ1) is 42.0. The van der Waals surface area contributed by atoms with Gasteiger partial charge in [-0.2, -0.15) is 0 Å². The van der Waals surface area contributed by atoms with Crippen molar-refractivity contribution < 1.29 is 0 Å². The Morgan fingerprint density at radius 2 is 0.934 bits per heavy atom. The Morgan fingerprint density at radius 3 is 1.49 bits per heavy atom. The van der Waals surface area contributed by atoms with Crippen LogP contribution in [0.1, 0.15) is 182 Å². The maximum absolute atomic E-state index is 5.91. The molecule has 0 fully saturated rings. The minimum absolute atomic E-state index is 0.0131. The molecule has 61 heavy (non-hydrogen) atoms. The van der Waals surface area contributed by atoms with Gasteiger partial charge in [-0.3, -0.25) is 4.90 Å². The van der Waals surface area contributed by atoms with Crippen LogP contribution in [0, 0.1) is 0 Å². The fourth-order valence-corrected chi connectivity index (χ4v) is 11.1. The van der Waals surface area contributed by atoms with E-state index in [1.165, 1.54) is 104 Å². The summed E-state index contributed by atoms with van der Waals surface area (Å²) in [5, 5.41) is 0. The third kappa shape index (κ3) is 6.62. The molecule has 2 aliphatic carbocycles. The van der Waals surface area contributed by atoms with Gasteiger partial charge in [0.2, 0.25) is 0 Å². The number of benzene rings is 4. The Bertz CT molecular complexity index is 2600. The van der Waals surface area contributed by atoms with E-state index in [4.69, 9.17) is 4.98 Å². The van der Waals surface area contributed by atoms with E-state index in [0.29, 0.717) is 0 Å². The van der Waals surface area contributed by atoms with E-state index in [2.05, 4.69) is 206 Å². The number of rotatable bonds is 2. The highest BCUT2D eigenvalue weighted by Gasteiger charge is 2.48. The van der Waals surface area contributed by atoms with Crippen LogP contribution in [0.15, 0.2) is 78.9 Å². The van der Waals surface area contributed by atoms with E-state index in [1.807, 2.05) is 0 Å². The van der Waals surface area contributed by atoms with Gasteiger partial charge < -0.3 is 4.90 Å². The zero-order valence-corrected chi connectivity index (χ0v) is 40.8. The molecule has 3 heterocycles. The molecule has 0 radical (unpaired) electrons. The molecule has 0 saturated carbocycles. The molecule has 0 spiro atoms. The smallest absolute Gasteiger partial charge is 0.254 e. The predicted molar refractivity (Wildman–Crippen MR) is 265 cm³/mol. The van der Waals surface area contributed by atoms with Crippen molar-refractivity contribution in [2.24, 2.45) is 0 Å². The number of pyridine rings is 1. The second kappa shape index (κ2) is 13.1. The quantitative estimate of drug-likeness (QED) is 0.162. The minimum Gasteiger partial charge on any atom is -0.311 e. The summed E-state index contributed by atoms with van der Waals surface area (Å²) in [6.07, 6.45) is 4.72. The first-order chi connectivity index (χ1) is 28.1. The van der Waals surface area contributed by atoms with Gasteiger partial charge in [-0.05, 0) is 150 Å². The van der Waals surface area contributed by atoms with E-state index < -0.39 is 0 Å². The number of fused-ring (bicyclic) bond motifs is 6. The maximum atomic E-state index is 5.91. The Hall–Kier alpha value is -4.31. The topological polar surface area (TPSA) is 19.4 Å². The monoisotopic (exact) mass is 810 g/mol. The highest BCUT2D eigenvalue weighted by atomic mass is 15.2. The molecule has 0 bridgehead atoms. The van der Waals surface area contributed by atoms with Gasteiger partial charge in [-0.25, -0.2) is 4.98 Å². The number of nitrogens with zero attached hydrogens (tertiary/aromatic N) is 3. The van der Waals surface area contributed by atoms with Crippen molar-refractivity contribution in [1.82, 2.24) is 4.98 Å². The molecule has 4 aromatic carbocycles. The lowest BCUT2D eigenvalue weighted by molar-refractivity contribution is 0.332. The molecule has 318 valence electrons. The molecule has 0 N–H and O–H groups in total. The van der Waals surface area contributed by atoms with E-state index in [1.54, 1.807) is 0 Å². The fourth-order valence-electron chi connectivity index (χ4n) is 11.1. The van der Waals surface area contributed by atoms with Gasteiger partial charge in [-0.15, -0.1) is 0 Å². The molecule has 3 nitrogen and oxygen atoms in total. The summed E-state index contributed by atoms with van der Waals surface area (Å²) >= 11 is 0. The highest BCUT2D eigenvalue weighted by Crippen LogP contribution is 2.52. The number of hydrogen-bond acceptors (Lipinski definition) is 3. The molecular weight excluding hydrogens is 737 g/mol. The molecule has 2 aliphatic heterocycles. The van der Waals surface area contributed by atoms with Gasteiger partial charge in [0.25, 0.3) is 6.71 Å². The molecule has 1 aromatic heterocycles. The summed E-state index contributed by atoms with van der Waals surface area (Å²) in [6.45, 7) is 40.7. The molecule has 4 aliphatic rings. The van der Waals surface area contributed by atoms with Crippen LogP contribution >= 0.6 is 0 Å². The number of aromatic nitrogens is 1. The van der Waals surface area contributed by atoms with Crippen LogP contribution in [0.5, 0.6) is 0 Å². The van der Waals surface area contributed by atoms with Crippen molar-refractivity contribution in [2.45, 2.75) is 181 Å². The summed E-state index contributed by atoms with van der Waals surface area (Å²) in [7, 11) is 0. The molecule has 0 unspecified atom stereocenters. The Labute approximate surface area is 369 Å². The molecule has 9 rings (SSSR count). The Balaban J connectivity index is 1.43. The van der Waals surface area contributed by atoms with Crippen LogP contribution in [0.25, 0.3) is 0 Å². The van der Waals surface area contributed by atoms with Gasteiger partial charge in [0.15, 0.2) is 0 Å². The predicted octanol–water partition coefficient (Wildman–Crippen LogP) is 13.8. The zero-order chi connectivity index (χ0) is 44.2. The van der Waals surface area contributed by atoms with Crippen molar-refractivity contribution in [1.29, 1.82) is 0 Å². The van der Waals surface area contributed by atoms with E-state index >= 15 is 0 Å². The molecule has 4 heteroatoms. The third-order valence-electron chi connectivity index (χ3n) is 15.6. The minimum atomic E-state index is -0.186. The third-order valence-corrected chi connectivity index (χ3v) is 15.6. The van der Waals surface area contributed by atoms with Crippen molar-refractivity contribution in [3.63, 3.8) is 0 Å². The average molecular weight is 810 g/mol. The summed E-state index contributed by atoms with van der Waals surface area (Å²) in [6, 6.07) is 32.0. The molecule has 0 atom stereocenters. The lowest BCUT2D eigenvalue weighted by Gasteiger charge is -2.48. The molecule has 5 aromatic rings. The summed E-state index contributed by atoms with van der Waals surface area (Å²) in [5.74, 6) is 1.07. The van der Waals surface area contributed by atoms with E-state index in [9.17, 15) is 0 Å². The molecule has 0 amide bonds. The van der Waals surface area contributed by atoms with Crippen LogP contribution in [0.3, 0.4) is 0 Å². The summed E-state index contributed by atoms with van der Waals surface area (Å²) < 4.78 is 0. The van der Waals surface area contributed by atoms with E-state index in [-0.39, 0.29) is 44.6 Å². The highest BCUT2D eigenvalue weighted by molar-refractivity contribution is 7.00. The molecular formula is C57H72BN3. The lowest BCUT2D eigenvalue weighted by atomic mass is 9.33. The molecule has 0 saturated heterocycles. The zero-order valence-electron chi connectivity index (χ0n) is 40.8. The van der Waals surface area contributed by atoms with Gasteiger partial charge in [-0.1, -0.05) is 154 Å². The van der Waals surface area contributed by atoms with Crippen molar-refractivity contribution in [2.75, 3.05) is 9.80 Å². The van der Waals surface area contributed by atoms with Crippen molar-refractivity contribution in [3.8, 4) is 0 Å². The van der Waals surface area contributed by atoms with Crippen molar-refractivity contribution >= 4 is 57.4 Å². The van der Waals surface area contributed by atoms with Gasteiger partial charge >= 0.3 is 0 Å². The van der Waals surface area contributed by atoms with E-state index in [0.717, 1.165) is 11.5 Å². The first-order valence-electron chi connectivity index (χ1n) is 23.3. The van der Waals surface area contributed by atoms with Gasteiger partial charge in [0.05, 0.1) is 5.69 Å². The van der Waals surface area contributed by atoms with Crippen LogP contribution in [0.4, 0.5) is 34.3 Å². The van der Waals surface area contributed by atoms with Crippen LogP contribution in [-0.4, -0.2) is 11.7 Å². The van der Waals surface area contributed by atoms with Gasteiger partial charge in [0, 0.05) is 33.9 Å². The largest absolute Gasteiger partial charge is 0.311 e. The summed E-state index contributed by atoms with van der Waals surface area (Å²) in [4.78, 5) is 11.1. The lowest BCUT2D eigenvalue weighted by Crippen LogP contribution is -2.62. The van der Waals surface area contributed by atoms with Crippen LogP contribution in [-0.2, 0) is 37.9 Å². The maximum Gasteiger partial charge on any atom is 0.254 e. The first-order valence-corrected chi connectivity index (χ1v) is 23.3. The SMILES string of the molecule is CC(C)(C)c1ccc(N2c3ccc(C(C)(C)C)cc3B3c4cc5c(cc4N(c4ccc6c(c4)C(C)(C)CCC6(C)C)c4nc(C(C)(C)C)cc2c43)C(C)(C)CCC5(C)C)cc1. The normalized spacial score (nSPS) is 19.4. The Kier molecular flexibility index (Phi) is 9.04. The van der Waals surface area contributed by atoms with Crippen LogP contribution < -0.4 is 26.2 Å². The standard InChI is InChI=1S/C57H72BN3/c1-51(2,3)35-18-21-37(22-19-35)60-45-25-20-36(52(4,5)6)30-43(45)58-44-32-41-42(57(16,17)29-28-56(41,14)15)33-46(44)61(50-49(58)47(60)34-48(59-50)53(7,8)9)38-23-24-39-40(31-38)55(12,13)27-26-54(39,10)11/h18-25,30-34H,26-29H2,1-17H3.